The van der Waals surface area contributed by atoms with Crippen molar-refractivity contribution >= 4 is 28.4 Å². The minimum atomic E-state index is -0.405. The zero-order valence-corrected chi connectivity index (χ0v) is 16.8. The van der Waals surface area contributed by atoms with E-state index >= 15 is 0 Å². The zero-order chi connectivity index (χ0) is 21.4. The number of para-hydroxylation sites is 2. The number of nitro benzene ring substituents is 1. The van der Waals surface area contributed by atoms with Gasteiger partial charge in [-0.25, -0.2) is 4.98 Å². The summed E-state index contributed by atoms with van der Waals surface area (Å²) in [5.41, 5.74) is 5.65. The van der Waals surface area contributed by atoms with E-state index in [4.69, 9.17) is 0 Å². The first kappa shape index (κ1) is 19.2. The number of rotatable bonds is 4. The van der Waals surface area contributed by atoms with E-state index in [-0.39, 0.29) is 5.69 Å². The second-order valence-electron chi connectivity index (χ2n) is 7.09. The number of hydrogen-bond donors (Lipinski definition) is 0. The van der Waals surface area contributed by atoms with Gasteiger partial charge in [0.2, 0.25) is 0 Å². The Morgan fingerprint density at radius 3 is 2.63 bits per heavy atom. The molecule has 2 aromatic heterocycles. The predicted octanol–water partition coefficient (Wildman–Crippen LogP) is 4.95. The highest BCUT2D eigenvalue weighted by Gasteiger charge is 2.16. The van der Waals surface area contributed by atoms with Gasteiger partial charge in [0.05, 0.1) is 27.2 Å². The summed E-state index contributed by atoms with van der Waals surface area (Å²) in [5, 5.41) is 21.0. The SMILES string of the molecule is Cc1cc(C=C(C#N)c2nc3ccccc3n2C)c(C)n1-c1cccc([N+](=O)[O-])c1. The van der Waals surface area contributed by atoms with Crippen LogP contribution in [0.2, 0.25) is 0 Å². The number of non-ortho nitro benzene ring substituents is 1. The quantitative estimate of drug-likeness (QED) is 0.277. The second kappa shape index (κ2) is 7.33. The van der Waals surface area contributed by atoms with Crippen LogP contribution in [0.4, 0.5) is 5.69 Å². The first-order valence-electron chi connectivity index (χ1n) is 9.38. The summed E-state index contributed by atoms with van der Waals surface area (Å²) in [4.78, 5) is 15.4. The second-order valence-corrected chi connectivity index (χ2v) is 7.09. The van der Waals surface area contributed by atoms with E-state index in [1.54, 1.807) is 12.1 Å². The van der Waals surface area contributed by atoms with Crippen LogP contribution < -0.4 is 0 Å². The van der Waals surface area contributed by atoms with Crippen molar-refractivity contribution in [1.82, 2.24) is 14.1 Å². The number of imidazole rings is 1. The molecular formula is C23H19N5O2. The van der Waals surface area contributed by atoms with Crippen molar-refractivity contribution in [3.8, 4) is 11.8 Å². The number of fused-ring (bicyclic) bond motifs is 1. The first-order chi connectivity index (χ1) is 14.4. The molecular weight excluding hydrogens is 378 g/mol. The van der Waals surface area contributed by atoms with Crippen LogP contribution in [0.15, 0.2) is 54.6 Å². The summed E-state index contributed by atoms with van der Waals surface area (Å²) < 4.78 is 3.85. The standard InChI is InChI=1S/C23H19N5O2/c1-15-11-17(16(2)27(15)19-7-6-8-20(13-19)28(29)30)12-18(14-24)23-25-21-9-4-5-10-22(21)26(23)3/h4-13H,1-3H3. The fourth-order valence-electron chi connectivity index (χ4n) is 3.77. The van der Waals surface area contributed by atoms with Crippen LogP contribution in [0, 0.1) is 35.3 Å². The average Bonchev–Trinajstić information content (AvgIpc) is 3.22. The van der Waals surface area contributed by atoms with Gasteiger partial charge >= 0.3 is 0 Å². The van der Waals surface area contributed by atoms with Crippen LogP contribution in [-0.2, 0) is 7.05 Å². The monoisotopic (exact) mass is 397 g/mol. The lowest BCUT2D eigenvalue weighted by Gasteiger charge is -2.09. The van der Waals surface area contributed by atoms with Crippen molar-refractivity contribution in [3.63, 3.8) is 0 Å². The molecule has 0 amide bonds. The number of nitrogens with zero attached hydrogens (tertiary/aromatic N) is 5. The van der Waals surface area contributed by atoms with Crippen molar-refractivity contribution in [3.05, 3.63) is 87.5 Å². The summed E-state index contributed by atoms with van der Waals surface area (Å²) in [7, 11) is 1.89. The molecule has 0 radical (unpaired) electrons. The Labute approximate surface area is 173 Å². The number of aryl methyl sites for hydroxylation is 2. The van der Waals surface area contributed by atoms with Crippen LogP contribution in [0.25, 0.3) is 28.4 Å². The average molecular weight is 397 g/mol. The van der Waals surface area contributed by atoms with Crippen molar-refractivity contribution in [2.75, 3.05) is 0 Å². The van der Waals surface area contributed by atoms with Gasteiger partial charge < -0.3 is 9.13 Å². The molecule has 0 unspecified atom stereocenters. The highest BCUT2D eigenvalue weighted by atomic mass is 16.6. The summed E-state index contributed by atoms with van der Waals surface area (Å²) in [6.45, 7) is 3.87. The molecule has 7 heteroatoms. The van der Waals surface area contributed by atoms with Gasteiger partial charge in [-0.05, 0) is 49.8 Å². The van der Waals surface area contributed by atoms with Gasteiger partial charge in [-0.3, -0.25) is 10.1 Å². The number of nitro groups is 1. The molecule has 7 nitrogen and oxygen atoms in total. The molecule has 2 aromatic carbocycles. The molecule has 0 N–H and O–H groups in total. The number of hydrogen-bond acceptors (Lipinski definition) is 4. The van der Waals surface area contributed by atoms with Crippen molar-refractivity contribution in [2.45, 2.75) is 13.8 Å². The van der Waals surface area contributed by atoms with Crippen LogP contribution >= 0.6 is 0 Å². The molecule has 148 valence electrons. The smallest absolute Gasteiger partial charge is 0.271 e. The molecule has 0 spiro atoms. The highest BCUT2D eigenvalue weighted by Crippen LogP contribution is 2.27. The summed E-state index contributed by atoms with van der Waals surface area (Å²) >= 11 is 0. The molecule has 0 aliphatic rings. The van der Waals surface area contributed by atoms with Gasteiger partial charge in [0.15, 0.2) is 5.82 Å². The van der Waals surface area contributed by atoms with E-state index in [0.717, 1.165) is 28.0 Å². The maximum Gasteiger partial charge on any atom is 0.271 e. The third-order valence-corrected chi connectivity index (χ3v) is 5.22. The van der Waals surface area contributed by atoms with Gasteiger partial charge in [0, 0.05) is 30.6 Å². The van der Waals surface area contributed by atoms with E-state index in [0.29, 0.717) is 17.1 Å². The molecule has 4 aromatic rings. The molecule has 30 heavy (non-hydrogen) atoms. The molecule has 0 atom stereocenters. The third-order valence-electron chi connectivity index (χ3n) is 5.22. The van der Waals surface area contributed by atoms with Gasteiger partial charge in [-0.2, -0.15) is 5.26 Å². The molecule has 2 heterocycles. The van der Waals surface area contributed by atoms with Crippen molar-refractivity contribution in [1.29, 1.82) is 5.26 Å². The number of aromatic nitrogens is 3. The Kier molecular flexibility index (Phi) is 4.68. The largest absolute Gasteiger partial charge is 0.327 e. The van der Waals surface area contributed by atoms with Crippen LogP contribution in [0.5, 0.6) is 0 Å². The molecule has 0 aliphatic carbocycles. The lowest BCUT2D eigenvalue weighted by atomic mass is 10.1. The molecule has 0 fully saturated rings. The van der Waals surface area contributed by atoms with Gasteiger partial charge in [0.1, 0.15) is 6.07 Å². The van der Waals surface area contributed by atoms with E-state index < -0.39 is 4.92 Å². The Morgan fingerprint density at radius 1 is 1.17 bits per heavy atom. The first-order valence-corrected chi connectivity index (χ1v) is 9.38. The molecule has 0 saturated heterocycles. The van der Waals surface area contributed by atoms with Gasteiger partial charge in [0.25, 0.3) is 5.69 Å². The zero-order valence-electron chi connectivity index (χ0n) is 16.8. The topological polar surface area (TPSA) is 89.7 Å². The minimum Gasteiger partial charge on any atom is -0.327 e. The lowest BCUT2D eigenvalue weighted by Crippen LogP contribution is -2.00. The normalized spacial score (nSPS) is 11.6. The minimum absolute atomic E-state index is 0.0366. The Balaban J connectivity index is 1.83. The van der Waals surface area contributed by atoms with Crippen LogP contribution in [-0.4, -0.2) is 19.0 Å². The Bertz CT molecular complexity index is 1370. The van der Waals surface area contributed by atoms with Gasteiger partial charge in [-0.15, -0.1) is 0 Å². The number of benzene rings is 2. The van der Waals surface area contributed by atoms with Gasteiger partial charge in [-0.1, -0.05) is 18.2 Å². The maximum atomic E-state index is 11.1. The number of nitriles is 1. The van der Waals surface area contributed by atoms with Crippen LogP contribution in [0.3, 0.4) is 0 Å². The van der Waals surface area contributed by atoms with E-state index in [1.165, 1.54) is 6.07 Å². The summed E-state index contributed by atoms with van der Waals surface area (Å²) in [6.07, 6.45) is 1.82. The third kappa shape index (κ3) is 3.14. The van der Waals surface area contributed by atoms with Crippen LogP contribution in [0.1, 0.15) is 22.8 Å². The number of allylic oxidation sites excluding steroid dienone is 1. The predicted molar refractivity (Wildman–Crippen MR) is 116 cm³/mol. The highest BCUT2D eigenvalue weighted by molar-refractivity contribution is 5.91. The fourth-order valence-corrected chi connectivity index (χ4v) is 3.77. The van der Waals surface area contributed by atoms with E-state index in [1.807, 2.05) is 72.5 Å². The summed E-state index contributed by atoms with van der Waals surface area (Å²) in [6, 6.07) is 18.5. The lowest BCUT2D eigenvalue weighted by molar-refractivity contribution is -0.384. The summed E-state index contributed by atoms with van der Waals surface area (Å²) in [5.74, 6) is 0.596. The van der Waals surface area contributed by atoms with Crippen molar-refractivity contribution in [2.24, 2.45) is 7.05 Å². The Morgan fingerprint density at radius 2 is 1.93 bits per heavy atom. The van der Waals surface area contributed by atoms with E-state index in [2.05, 4.69) is 11.1 Å². The van der Waals surface area contributed by atoms with E-state index in [9.17, 15) is 15.4 Å². The molecule has 0 saturated carbocycles. The fraction of sp³-hybridized carbons (Fsp3) is 0.130. The molecule has 4 rings (SSSR count). The molecule has 0 bridgehead atoms. The molecule has 0 aliphatic heterocycles. The maximum absolute atomic E-state index is 11.1. The Hall–Kier alpha value is -4.18. The van der Waals surface area contributed by atoms with Crippen molar-refractivity contribution < 1.29 is 4.92 Å².